The number of benzene rings is 1. The van der Waals surface area contributed by atoms with Crippen molar-refractivity contribution in [3.05, 3.63) is 70.3 Å². The molecule has 2 aromatic heterocycles. The summed E-state index contributed by atoms with van der Waals surface area (Å²) in [5.74, 6) is 0.991. The van der Waals surface area contributed by atoms with E-state index in [9.17, 15) is 9.59 Å². The molecule has 144 valence electrons. The van der Waals surface area contributed by atoms with E-state index in [1.165, 1.54) is 6.20 Å². The molecule has 2 N–H and O–H groups in total. The Kier molecular flexibility index (Phi) is 5.69. The summed E-state index contributed by atoms with van der Waals surface area (Å²) < 4.78 is 10.6. The van der Waals surface area contributed by atoms with Crippen molar-refractivity contribution in [1.29, 1.82) is 0 Å². The first-order chi connectivity index (χ1) is 13.5. The van der Waals surface area contributed by atoms with Gasteiger partial charge in [-0.25, -0.2) is 4.98 Å². The molecule has 0 spiro atoms. The van der Waals surface area contributed by atoms with Gasteiger partial charge < -0.3 is 19.8 Å². The minimum Gasteiger partial charge on any atom is -0.497 e. The minimum absolute atomic E-state index is 0.0894. The molecule has 8 heteroatoms. The molecule has 3 aromatic rings. The molecule has 28 heavy (non-hydrogen) atoms. The smallest absolute Gasteiger partial charge is 0.264 e. The van der Waals surface area contributed by atoms with Crippen molar-refractivity contribution in [2.24, 2.45) is 0 Å². The average Bonchev–Trinajstić information content (AvgIpc) is 2.73. The van der Waals surface area contributed by atoms with Gasteiger partial charge >= 0.3 is 0 Å². The van der Waals surface area contributed by atoms with Crippen LogP contribution in [0.25, 0.3) is 11.5 Å². The topological polar surface area (TPSA) is 106 Å². The summed E-state index contributed by atoms with van der Waals surface area (Å²) in [5.41, 5.74) is 0.608. The Morgan fingerprint density at radius 3 is 2.61 bits per heavy atom. The number of H-pyrrole nitrogens is 1. The maximum absolute atomic E-state index is 12.6. The normalized spacial score (nSPS) is 11.5. The molecule has 0 radical (unpaired) electrons. The molecule has 8 nitrogen and oxygen atoms in total. The Morgan fingerprint density at radius 2 is 1.96 bits per heavy atom. The summed E-state index contributed by atoms with van der Waals surface area (Å²) in [7, 11) is 3.11. The van der Waals surface area contributed by atoms with Crippen LogP contribution >= 0.6 is 0 Å². The van der Waals surface area contributed by atoms with E-state index < -0.39 is 17.5 Å². The van der Waals surface area contributed by atoms with Gasteiger partial charge in [-0.15, -0.1) is 0 Å². The lowest BCUT2D eigenvalue weighted by molar-refractivity contribution is 0.0937. The van der Waals surface area contributed by atoms with Crippen LogP contribution in [0.3, 0.4) is 0 Å². The molecule has 2 heterocycles. The van der Waals surface area contributed by atoms with Crippen LogP contribution in [0.2, 0.25) is 0 Å². The van der Waals surface area contributed by atoms with Crippen LogP contribution in [0.15, 0.2) is 53.6 Å². The second-order valence-corrected chi connectivity index (χ2v) is 5.99. The van der Waals surface area contributed by atoms with Gasteiger partial charge in [0.15, 0.2) is 5.82 Å². The zero-order valence-electron chi connectivity index (χ0n) is 15.7. The van der Waals surface area contributed by atoms with Crippen LogP contribution in [0.4, 0.5) is 0 Å². The van der Waals surface area contributed by atoms with Crippen LogP contribution in [0.1, 0.15) is 28.9 Å². The van der Waals surface area contributed by atoms with Gasteiger partial charge in [0.1, 0.15) is 22.8 Å². The summed E-state index contributed by atoms with van der Waals surface area (Å²) in [4.78, 5) is 35.8. The predicted molar refractivity (Wildman–Crippen MR) is 104 cm³/mol. The maximum Gasteiger partial charge on any atom is 0.264 e. The Bertz CT molecular complexity index is 1030. The molecular formula is C20H20N4O4. The van der Waals surface area contributed by atoms with Crippen molar-refractivity contribution >= 4 is 5.91 Å². The highest BCUT2D eigenvalue weighted by Crippen LogP contribution is 2.29. The first-order valence-electron chi connectivity index (χ1n) is 8.57. The molecule has 0 unspecified atom stereocenters. The van der Waals surface area contributed by atoms with Crippen molar-refractivity contribution in [1.82, 2.24) is 20.3 Å². The molecule has 0 aliphatic carbocycles. The molecule has 0 aliphatic rings. The standard InChI is InChI=1S/C20H20N4O4/c1-12(14-10-13(27-2)7-8-17(14)28-3)23-19(25)15-11-22-18(24-20(15)26)16-6-4-5-9-21-16/h4-12H,1-3H3,(H,23,25)(H,22,24,26)/t12-/m0/s1. The molecular weight excluding hydrogens is 360 g/mol. The molecule has 1 aromatic carbocycles. The number of nitrogens with zero attached hydrogens (tertiary/aromatic N) is 2. The van der Waals surface area contributed by atoms with Crippen molar-refractivity contribution in [2.75, 3.05) is 14.2 Å². The van der Waals surface area contributed by atoms with Crippen LogP contribution in [-0.4, -0.2) is 35.1 Å². The number of aromatic amines is 1. The number of nitrogens with one attached hydrogen (secondary N) is 2. The quantitative estimate of drug-likeness (QED) is 0.680. The van der Waals surface area contributed by atoms with Gasteiger partial charge in [-0.3, -0.25) is 14.6 Å². The highest BCUT2D eigenvalue weighted by Gasteiger charge is 2.19. The summed E-state index contributed by atoms with van der Waals surface area (Å²) >= 11 is 0. The van der Waals surface area contributed by atoms with Crippen molar-refractivity contribution in [3.8, 4) is 23.0 Å². The number of hydrogen-bond acceptors (Lipinski definition) is 6. The third kappa shape index (κ3) is 4.01. The summed E-state index contributed by atoms with van der Waals surface area (Å²) in [6.45, 7) is 1.79. The fourth-order valence-electron chi connectivity index (χ4n) is 2.72. The second-order valence-electron chi connectivity index (χ2n) is 5.99. The third-order valence-corrected chi connectivity index (χ3v) is 4.20. The highest BCUT2D eigenvalue weighted by molar-refractivity contribution is 5.93. The zero-order chi connectivity index (χ0) is 20.1. The summed E-state index contributed by atoms with van der Waals surface area (Å²) in [6, 6.07) is 10.1. The first-order valence-corrected chi connectivity index (χ1v) is 8.57. The molecule has 0 saturated carbocycles. The van der Waals surface area contributed by atoms with E-state index in [1.54, 1.807) is 63.7 Å². The molecule has 0 saturated heterocycles. The zero-order valence-corrected chi connectivity index (χ0v) is 15.7. The van der Waals surface area contributed by atoms with E-state index in [0.717, 1.165) is 5.56 Å². The molecule has 0 bridgehead atoms. The van der Waals surface area contributed by atoms with Gasteiger partial charge in [0.05, 0.1) is 20.3 Å². The number of pyridine rings is 1. The average molecular weight is 380 g/mol. The number of hydrogen-bond donors (Lipinski definition) is 2. The lowest BCUT2D eigenvalue weighted by Gasteiger charge is -2.18. The van der Waals surface area contributed by atoms with Gasteiger partial charge in [-0.1, -0.05) is 6.07 Å². The lowest BCUT2D eigenvalue weighted by Crippen LogP contribution is -2.32. The van der Waals surface area contributed by atoms with E-state index in [0.29, 0.717) is 23.0 Å². The number of amides is 1. The number of methoxy groups -OCH3 is 2. The Balaban J connectivity index is 1.82. The minimum atomic E-state index is -0.544. The van der Waals surface area contributed by atoms with Crippen LogP contribution in [0, 0.1) is 0 Å². The fourth-order valence-corrected chi connectivity index (χ4v) is 2.72. The van der Waals surface area contributed by atoms with E-state index >= 15 is 0 Å². The number of aromatic nitrogens is 3. The van der Waals surface area contributed by atoms with Crippen molar-refractivity contribution in [2.45, 2.75) is 13.0 Å². The predicted octanol–water partition coefficient (Wildman–Crippen LogP) is 2.34. The number of ether oxygens (including phenoxy) is 2. The van der Waals surface area contributed by atoms with Gasteiger partial charge in [0, 0.05) is 18.0 Å². The van der Waals surface area contributed by atoms with E-state index in [-0.39, 0.29) is 5.56 Å². The molecule has 1 atom stereocenters. The van der Waals surface area contributed by atoms with E-state index in [1.807, 2.05) is 0 Å². The van der Waals surface area contributed by atoms with Crippen molar-refractivity contribution in [3.63, 3.8) is 0 Å². The van der Waals surface area contributed by atoms with Gasteiger partial charge in [-0.05, 0) is 37.3 Å². The second kappa shape index (κ2) is 8.34. The monoisotopic (exact) mass is 380 g/mol. The number of carbonyl (C=O) groups excluding carboxylic acids is 1. The largest absolute Gasteiger partial charge is 0.497 e. The SMILES string of the molecule is COc1ccc(OC)c([C@H](C)NC(=O)c2cnc(-c3ccccn3)[nH]c2=O)c1. The van der Waals surface area contributed by atoms with Crippen LogP contribution < -0.4 is 20.3 Å². The van der Waals surface area contributed by atoms with Gasteiger partial charge in [0.25, 0.3) is 11.5 Å². The molecule has 1 amide bonds. The highest BCUT2D eigenvalue weighted by atomic mass is 16.5. The Morgan fingerprint density at radius 1 is 1.14 bits per heavy atom. The van der Waals surface area contributed by atoms with E-state index in [2.05, 4.69) is 20.3 Å². The van der Waals surface area contributed by atoms with Crippen molar-refractivity contribution < 1.29 is 14.3 Å². The Labute approximate surface area is 161 Å². The number of rotatable bonds is 6. The Hall–Kier alpha value is -3.68. The molecule has 0 fully saturated rings. The van der Waals surface area contributed by atoms with Crippen LogP contribution in [0.5, 0.6) is 11.5 Å². The lowest BCUT2D eigenvalue weighted by atomic mass is 10.1. The first kappa shape index (κ1) is 19.1. The maximum atomic E-state index is 12.6. The fraction of sp³-hybridized carbons (Fsp3) is 0.200. The summed E-state index contributed by atoms with van der Waals surface area (Å²) in [6.07, 6.45) is 2.84. The molecule has 0 aliphatic heterocycles. The van der Waals surface area contributed by atoms with Gasteiger partial charge in [-0.2, -0.15) is 0 Å². The van der Waals surface area contributed by atoms with E-state index in [4.69, 9.17) is 9.47 Å². The van der Waals surface area contributed by atoms with Crippen LogP contribution in [-0.2, 0) is 0 Å². The summed E-state index contributed by atoms with van der Waals surface area (Å²) in [5, 5.41) is 2.79. The third-order valence-electron chi connectivity index (χ3n) is 4.20. The van der Waals surface area contributed by atoms with Gasteiger partial charge in [0.2, 0.25) is 0 Å². The number of carbonyl (C=O) groups is 1. The molecule has 3 rings (SSSR count).